The van der Waals surface area contributed by atoms with Crippen LogP contribution in [-0.4, -0.2) is 44.7 Å². The van der Waals surface area contributed by atoms with Gasteiger partial charge in [-0.05, 0) is 26.8 Å². The van der Waals surface area contributed by atoms with Gasteiger partial charge in [-0.2, -0.15) is 5.10 Å². The van der Waals surface area contributed by atoms with Gasteiger partial charge in [0.2, 0.25) is 0 Å². The van der Waals surface area contributed by atoms with Gasteiger partial charge in [-0.1, -0.05) is 5.16 Å². The van der Waals surface area contributed by atoms with E-state index in [1.54, 1.807) is 22.7 Å². The zero-order chi connectivity index (χ0) is 14.6. The summed E-state index contributed by atoms with van der Waals surface area (Å²) in [4.78, 5) is 13.9. The van der Waals surface area contributed by atoms with Gasteiger partial charge in [-0.25, -0.2) is 0 Å². The second-order valence-electron chi connectivity index (χ2n) is 4.55. The molecular formula is C12H21N5O2. The van der Waals surface area contributed by atoms with Crippen molar-refractivity contribution in [2.45, 2.75) is 39.8 Å². The maximum atomic E-state index is 12.4. The Morgan fingerprint density at radius 1 is 1.68 bits per heavy atom. The van der Waals surface area contributed by atoms with Gasteiger partial charge in [0.05, 0.1) is 5.69 Å². The molecule has 1 aromatic rings. The summed E-state index contributed by atoms with van der Waals surface area (Å²) in [5.74, 6) is -0.0204. The van der Waals surface area contributed by atoms with Gasteiger partial charge in [-0.3, -0.25) is 9.48 Å². The molecule has 0 saturated carbocycles. The van der Waals surface area contributed by atoms with Crippen LogP contribution in [0.15, 0.2) is 11.2 Å². The third-order valence-corrected chi connectivity index (χ3v) is 3.04. The van der Waals surface area contributed by atoms with E-state index in [0.717, 1.165) is 5.69 Å². The number of amides is 1. The van der Waals surface area contributed by atoms with Crippen LogP contribution in [0.2, 0.25) is 0 Å². The number of aromatic nitrogens is 2. The van der Waals surface area contributed by atoms with E-state index < -0.39 is 0 Å². The molecule has 1 atom stereocenters. The van der Waals surface area contributed by atoms with Crippen molar-refractivity contribution in [1.29, 1.82) is 0 Å². The standard InChI is InChI=1S/C12H21N5O2/c1-5-17-10(6-8(2)14-17)12(18)16(4)9(3)7-11(13)15-19/h6,9,19H,5,7H2,1-4H3,(H2,13,15). The van der Waals surface area contributed by atoms with Gasteiger partial charge < -0.3 is 15.8 Å². The lowest BCUT2D eigenvalue weighted by atomic mass is 10.2. The lowest BCUT2D eigenvalue weighted by Gasteiger charge is -2.24. The molecule has 0 aromatic carbocycles. The predicted octanol–water partition coefficient (Wildman–Crippen LogP) is 0.808. The molecule has 0 fully saturated rings. The van der Waals surface area contributed by atoms with Gasteiger partial charge >= 0.3 is 0 Å². The highest BCUT2D eigenvalue weighted by atomic mass is 16.4. The maximum Gasteiger partial charge on any atom is 0.272 e. The number of hydrogen-bond acceptors (Lipinski definition) is 4. The lowest BCUT2D eigenvalue weighted by molar-refractivity contribution is 0.0734. The van der Waals surface area contributed by atoms with E-state index in [0.29, 0.717) is 18.7 Å². The molecule has 1 aromatic heterocycles. The molecule has 0 radical (unpaired) electrons. The molecule has 0 aliphatic carbocycles. The Kier molecular flexibility index (Phi) is 4.91. The minimum Gasteiger partial charge on any atom is -0.409 e. The Bertz CT molecular complexity index is 480. The number of aryl methyl sites for hydroxylation is 2. The van der Waals surface area contributed by atoms with Crippen molar-refractivity contribution in [3.8, 4) is 0 Å². The monoisotopic (exact) mass is 267 g/mol. The van der Waals surface area contributed by atoms with E-state index >= 15 is 0 Å². The molecule has 1 heterocycles. The summed E-state index contributed by atoms with van der Waals surface area (Å²) < 4.78 is 1.67. The molecule has 7 heteroatoms. The highest BCUT2D eigenvalue weighted by Crippen LogP contribution is 2.11. The molecule has 0 spiro atoms. The van der Waals surface area contributed by atoms with E-state index in [4.69, 9.17) is 10.9 Å². The van der Waals surface area contributed by atoms with Gasteiger partial charge in [0, 0.05) is 26.1 Å². The molecule has 0 bridgehead atoms. The fraction of sp³-hybridized carbons (Fsp3) is 0.583. The van der Waals surface area contributed by atoms with Crippen LogP contribution >= 0.6 is 0 Å². The summed E-state index contributed by atoms with van der Waals surface area (Å²) in [5.41, 5.74) is 6.81. The zero-order valence-corrected chi connectivity index (χ0v) is 11.8. The van der Waals surface area contributed by atoms with Crippen LogP contribution in [0.25, 0.3) is 0 Å². The summed E-state index contributed by atoms with van der Waals surface area (Å²) in [7, 11) is 1.69. The van der Waals surface area contributed by atoms with Crippen molar-refractivity contribution < 1.29 is 10.0 Å². The molecule has 0 saturated heterocycles. The summed E-state index contributed by atoms with van der Waals surface area (Å²) in [6, 6.07) is 1.60. The van der Waals surface area contributed by atoms with E-state index in [9.17, 15) is 4.79 Å². The fourth-order valence-corrected chi connectivity index (χ4v) is 1.82. The average molecular weight is 267 g/mol. The Morgan fingerprint density at radius 2 is 2.32 bits per heavy atom. The van der Waals surface area contributed by atoms with Gasteiger partial charge in [0.1, 0.15) is 11.5 Å². The summed E-state index contributed by atoms with van der Waals surface area (Å²) in [6.07, 6.45) is 0.317. The Morgan fingerprint density at radius 3 is 2.84 bits per heavy atom. The van der Waals surface area contributed by atoms with Crippen molar-refractivity contribution in [2.75, 3.05) is 7.05 Å². The van der Waals surface area contributed by atoms with E-state index in [-0.39, 0.29) is 17.8 Å². The minimum absolute atomic E-state index is 0.104. The second kappa shape index (κ2) is 6.21. The third kappa shape index (κ3) is 3.46. The number of oxime groups is 1. The number of carbonyl (C=O) groups excluding carboxylic acids is 1. The second-order valence-corrected chi connectivity index (χ2v) is 4.55. The van der Waals surface area contributed by atoms with Gasteiger partial charge in [0.25, 0.3) is 5.91 Å². The molecule has 3 N–H and O–H groups in total. The van der Waals surface area contributed by atoms with Crippen LogP contribution in [0.3, 0.4) is 0 Å². The highest BCUT2D eigenvalue weighted by molar-refractivity contribution is 5.93. The third-order valence-electron chi connectivity index (χ3n) is 3.04. The van der Waals surface area contributed by atoms with E-state index in [1.165, 1.54) is 0 Å². The van der Waals surface area contributed by atoms with Crippen LogP contribution in [0, 0.1) is 6.92 Å². The predicted molar refractivity (Wildman–Crippen MR) is 72.2 cm³/mol. The number of rotatable bonds is 5. The van der Waals surface area contributed by atoms with E-state index in [1.807, 2.05) is 20.8 Å². The molecule has 1 unspecified atom stereocenters. The first-order chi connectivity index (χ1) is 8.90. The highest BCUT2D eigenvalue weighted by Gasteiger charge is 2.22. The Labute approximate surface area is 112 Å². The summed E-state index contributed by atoms with van der Waals surface area (Å²) in [6.45, 7) is 6.26. The molecule has 19 heavy (non-hydrogen) atoms. The molecule has 7 nitrogen and oxygen atoms in total. The first kappa shape index (κ1) is 15.0. The Hall–Kier alpha value is -2.05. The first-order valence-corrected chi connectivity index (χ1v) is 6.18. The van der Waals surface area contributed by atoms with Crippen molar-refractivity contribution >= 4 is 11.7 Å². The summed E-state index contributed by atoms with van der Waals surface area (Å²) in [5, 5.41) is 15.7. The maximum absolute atomic E-state index is 12.4. The van der Waals surface area contributed by atoms with Gasteiger partial charge in [0.15, 0.2) is 0 Å². The SMILES string of the molecule is CCn1nc(C)cc1C(=O)N(C)C(C)CC(N)=NO. The number of nitrogens with zero attached hydrogens (tertiary/aromatic N) is 4. The Balaban J connectivity index is 2.87. The molecule has 0 aliphatic rings. The van der Waals surface area contributed by atoms with E-state index in [2.05, 4.69) is 10.3 Å². The largest absolute Gasteiger partial charge is 0.409 e. The summed E-state index contributed by atoms with van der Waals surface area (Å²) >= 11 is 0. The van der Waals surface area contributed by atoms with Crippen molar-refractivity contribution in [2.24, 2.45) is 10.9 Å². The van der Waals surface area contributed by atoms with Crippen LogP contribution in [0.4, 0.5) is 0 Å². The number of amidine groups is 1. The van der Waals surface area contributed by atoms with Crippen LogP contribution in [-0.2, 0) is 6.54 Å². The molecule has 1 rings (SSSR count). The van der Waals surface area contributed by atoms with Crippen LogP contribution in [0.5, 0.6) is 0 Å². The fourth-order valence-electron chi connectivity index (χ4n) is 1.82. The number of hydrogen-bond donors (Lipinski definition) is 2. The number of nitrogens with two attached hydrogens (primary N) is 1. The lowest BCUT2D eigenvalue weighted by Crippen LogP contribution is -2.38. The van der Waals surface area contributed by atoms with Crippen LogP contribution < -0.4 is 5.73 Å². The molecule has 1 amide bonds. The molecule has 0 aliphatic heterocycles. The minimum atomic E-state index is -0.163. The first-order valence-electron chi connectivity index (χ1n) is 6.18. The normalized spacial score (nSPS) is 13.4. The van der Waals surface area contributed by atoms with Crippen molar-refractivity contribution in [1.82, 2.24) is 14.7 Å². The topological polar surface area (TPSA) is 96.7 Å². The van der Waals surface area contributed by atoms with Crippen LogP contribution in [0.1, 0.15) is 36.5 Å². The smallest absolute Gasteiger partial charge is 0.272 e. The number of carbonyl (C=O) groups is 1. The molecular weight excluding hydrogens is 246 g/mol. The van der Waals surface area contributed by atoms with Crippen molar-refractivity contribution in [3.63, 3.8) is 0 Å². The zero-order valence-electron chi connectivity index (χ0n) is 11.8. The van der Waals surface area contributed by atoms with Crippen molar-refractivity contribution in [3.05, 3.63) is 17.5 Å². The average Bonchev–Trinajstić information content (AvgIpc) is 2.77. The molecule has 106 valence electrons. The quantitative estimate of drug-likeness (QED) is 0.357. The van der Waals surface area contributed by atoms with Gasteiger partial charge in [-0.15, -0.1) is 0 Å².